The molecule has 0 bridgehead atoms. The Morgan fingerprint density at radius 3 is 2.53 bits per heavy atom. The van der Waals surface area contributed by atoms with Gasteiger partial charge < -0.3 is 14.7 Å². The molecule has 1 heterocycles. The quantitative estimate of drug-likeness (QED) is 0.306. The first-order valence-corrected chi connectivity index (χ1v) is 10.4. The van der Waals surface area contributed by atoms with Gasteiger partial charge in [-0.15, -0.1) is 0 Å². The number of rotatable bonds is 7. The largest absolute Gasteiger partial charge is 0.507 e. The maximum absolute atomic E-state index is 13.1. The Labute approximate surface area is 178 Å². The number of unbranched alkanes of at least 4 members (excludes halogenated alkanes) is 2. The fraction of sp³-hybridized carbons (Fsp3) is 0.360. The highest BCUT2D eigenvalue weighted by molar-refractivity contribution is 6.46. The molecule has 1 N–H and O–H groups in total. The van der Waals surface area contributed by atoms with E-state index >= 15 is 0 Å². The van der Waals surface area contributed by atoms with Crippen molar-refractivity contribution in [3.63, 3.8) is 0 Å². The van der Waals surface area contributed by atoms with Crippen molar-refractivity contribution < 1.29 is 19.4 Å². The molecule has 5 nitrogen and oxygen atoms in total. The van der Waals surface area contributed by atoms with Gasteiger partial charge in [0.2, 0.25) is 0 Å². The first-order chi connectivity index (χ1) is 14.4. The average molecular weight is 408 g/mol. The highest BCUT2D eigenvalue weighted by Crippen LogP contribution is 2.43. The minimum absolute atomic E-state index is 0.120. The van der Waals surface area contributed by atoms with Crippen LogP contribution in [0.3, 0.4) is 0 Å². The van der Waals surface area contributed by atoms with Crippen LogP contribution in [0.4, 0.5) is 0 Å². The third-order valence-electron chi connectivity index (χ3n) is 5.62. The number of ketones is 1. The molecule has 0 aromatic heterocycles. The molecule has 158 valence electrons. The van der Waals surface area contributed by atoms with E-state index in [1.54, 1.807) is 18.1 Å². The van der Waals surface area contributed by atoms with Gasteiger partial charge in [0.15, 0.2) is 0 Å². The molecule has 1 unspecified atom stereocenters. The van der Waals surface area contributed by atoms with Gasteiger partial charge in [-0.3, -0.25) is 9.59 Å². The standard InChI is InChI=1S/C25H29NO4/c1-5-6-9-14-26-22(18-10-7-8-11-20(18)30-4)21(24(28)25(26)29)23(27)19-15-16(2)12-13-17(19)3/h7-8,10-13,15,22,27H,5-6,9,14H2,1-4H3/b23-21+. The number of nitrogens with zero attached hydrogens (tertiary/aromatic N) is 1. The summed E-state index contributed by atoms with van der Waals surface area (Å²) < 4.78 is 5.53. The zero-order valence-electron chi connectivity index (χ0n) is 18.1. The van der Waals surface area contributed by atoms with E-state index in [0.29, 0.717) is 23.4 Å². The number of Topliss-reactive ketones (excluding diaryl/α,β-unsaturated/α-hetero) is 1. The number of carbonyl (C=O) groups is 2. The van der Waals surface area contributed by atoms with Crippen LogP contribution in [0.1, 0.15) is 54.5 Å². The van der Waals surface area contributed by atoms with Crippen molar-refractivity contribution in [2.45, 2.75) is 46.1 Å². The van der Waals surface area contributed by atoms with Crippen molar-refractivity contribution >= 4 is 17.4 Å². The van der Waals surface area contributed by atoms with Crippen molar-refractivity contribution in [2.24, 2.45) is 0 Å². The Bertz CT molecular complexity index is 992. The van der Waals surface area contributed by atoms with Crippen LogP contribution in [0.25, 0.3) is 5.76 Å². The molecule has 1 amide bonds. The summed E-state index contributed by atoms with van der Waals surface area (Å²) in [7, 11) is 1.56. The minimum atomic E-state index is -0.682. The predicted molar refractivity (Wildman–Crippen MR) is 117 cm³/mol. The summed E-state index contributed by atoms with van der Waals surface area (Å²) in [5.41, 5.74) is 3.20. The van der Waals surface area contributed by atoms with Crippen LogP contribution < -0.4 is 4.74 Å². The summed E-state index contributed by atoms with van der Waals surface area (Å²) in [6, 6.07) is 12.4. The number of aryl methyl sites for hydroxylation is 2. The molecule has 1 aliphatic rings. The molecule has 0 spiro atoms. The van der Waals surface area contributed by atoms with E-state index in [2.05, 4.69) is 6.92 Å². The summed E-state index contributed by atoms with van der Waals surface area (Å²) >= 11 is 0. The van der Waals surface area contributed by atoms with Crippen LogP contribution in [-0.2, 0) is 9.59 Å². The topological polar surface area (TPSA) is 66.8 Å². The first kappa shape index (κ1) is 21.6. The number of hydrogen-bond acceptors (Lipinski definition) is 4. The van der Waals surface area contributed by atoms with Crippen molar-refractivity contribution in [2.75, 3.05) is 13.7 Å². The molecule has 1 aliphatic heterocycles. The third-order valence-corrected chi connectivity index (χ3v) is 5.62. The highest BCUT2D eigenvalue weighted by atomic mass is 16.5. The Morgan fingerprint density at radius 1 is 1.10 bits per heavy atom. The van der Waals surface area contributed by atoms with Gasteiger partial charge >= 0.3 is 0 Å². The summed E-state index contributed by atoms with van der Waals surface area (Å²) in [5, 5.41) is 11.2. The summed E-state index contributed by atoms with van der Waals surface area (Å²) in [6.45, 7) is 6.35. The van der Waals surface area contributed by atoms with Crippen LogP contribution in [0.5, 0.6) is 5.75 Å². The number of methoxy groups -OCH3 is 1. The first-order valence-electron chi connectivity index (χ1n) is 10.4. The predicted octanol–water partition coefficient (Wildman–Crippen LogP) is 4.92. The lowest BCUT2D eigenvalue weighted by Gasteiger charge is -2.26. The Kier molecular flexibility index (Phi) is 6.60. The maximum atomic E-state index is 13.1. The van der Waals surface area contributed by atoms with Crippen LogP contribution >= 0.6 is 0 Å². The van der Waals surface area contributed by atoms with E-state index in [9.17, 15) is 14.7 Å². The number of amides is 1. The van der Waals surface area contributed by atoms with Crippen molar-refractivity contribution in [3.8, 4) is 5.75 Å². The van der Waals surface area contributed by atoms with Crippen LogP contribution in [-0.4, -0.2) is 35.4 Å². The summed E-state index contributed by atoms with van der Waals surface area (Å²) in [5.74, 6) is -0.783. The number of carbonyl (C=O) groups excluding carboxylic acids is 2. The molecular weight excluding hydrogens is 378 g/mol. The molecule has 1 saturated heterocycles. The Morgan fingerprint density at radius 2 is 1.83 bits per heavy atom. The van der Waals surface area contributed by atoms with E-state index in [0.717, 1.165) is 30.4 Å². The number of aliphatic hydroxyl groups excluding tert-OH is 1. The lowest BCUT2D eigenvalue weighted by Crippen LogP contribution is -2.30. The van der Waals surface area contributed by atoms with Crippen LogP contribution in [0.15, 0.2) is 48.0 Å². The molecule has 5 heteroatoms. The molecule has 3 rings (SSSR count). The van der Waals surface area contributed by atoms with Gasteiger partial charge in [0.1, 0.15) is 11.5 Å². The highest BCUT2D eigenvalue weighted by Gasteiger charge is 2.46. The van der Waals surface area contributed by atoms with Gasteiger partial charge in [-0.1, -0.05) is 55.7 Å². The molecular formula is C25H29NO4. The monoisotopic (exact) mass is 407 g/mol. The molecule has 1 atom stereocenters. The van der Waals surface area contributed by atoms with Gasteiger partial charge in [0.25, 0.3) is 11.7 Å². The van der Waals surface area contributed by atoms with E-state index in [-0.39, 0.29) is 11.3 Å². The lowest BCUT2D eigenvalue weighted by molar-refractivity contribution is -0.139. The Balaban J connectivity index is 2.21. The van der Waals surface area contributed by atoms with Crippen molar-refractivity contribution in [1.82, 2.24) is 4.90 Å². The minimum Gasteiger partial charge on any atom is -0.507 e. The second-order valence-corrected chi connectivity index (χ2v) is 7.76. The second-order valence-electron chi connectivity index (χ2n) is 7.76. The number of benzene rings is 2. The maximum Gasteiger partial charge on any atom is 0.295 e. The van der Waals surface area contributed by atoms with E-state index in [1.807, 2.05) is 50.2 Å². The number of likely N-dealkylation sites (tertiary alicyclic amines) is 1. The number of ether oxygens (including phenoxy) is 1. The molecule has 30 heavy (non-hydrogen) atoms. The van der Waals surface area contributed by atoms with Crippen molar-refractivity contribution in [3.05, 3.63) is 70.3 Å². The van der Waals surface area contributed by atoms with Gasteiger partial charge in [0.05, 0.1) is 18.7 Å². The Hall–Kier alpha value is -3.08. The zero-order chi connectivity index (χ0) is 21.8. The smallest absolute Gasteiger partial charge is 0.295 e. The van der Waals surface area contributed by atoms with Gasteiger partial charge in [-0.2, -0.15) is 0 Å². The third kappa shape index (κ3) is 3.97. The molecule has 1 fully saturated rings. The summed E-state index contributed by atoms with van der Waals surface area (Å²) in [6.07, 6.45) is 2.75. The van der Waals surface area contributed by atoms with Crippen LogP contribution in [0.2, 0.25) is 0 Å². The number of aliphatic hydroxyl groups is 1. The average Bonchev–Trinajstić information content (AvgIpc) is 3.00. The number of hydrogen-bond donors (Lipinski definition) is 1. The fourth-order valence-corrected chi connectivity index (χ4v) is 3.99. The van der Waals surface area contributed by atoms with Gasteiger partial charge in [0, 0.05) is 17.7 Å². The molecule has 0 aliphatic carbocycles. The molecule has 2 aromatic rings. The fourth-order valence-electron chi connectivity index (χ4n) is 3.99. The van der Waals surface area contributed by atoms with E-state index in [4.69, 9.17) is 4.74 Å². The zero-order valence-corrected chi connectivity index (χ0v) is 18.1. The van der Waals surface area contributed by atoms with E-state index < -0.39 is 17.7 Å². The lowest BCUT2D eigenvalue weighted by atomic mass is 9.92. The number of para-hydroxylation sites is 1. The van der Waals surface area contributed by atoms with Crippen LogP contribution in [0, 0.1) is 13.8 Å². The van der Waals surface area contributed by atoms with Crippen molar-refractivity contribution in [1.29, 1.82) is 0 Å². The normalized spacial score (nSPS) is 18.1. The molecule has 0 saturated carbocycles. The molecule has 0 radical (unpaired) electrons. The molecule has 2 aromatic carbocycles. The van der Waals surface area contributed by atoms with Gasteiger partial charge in [-0.05, 0) is 38.0 Å². The van der Waals surface area contributed by atoms with E-state index in [1.165, 1.54) is 0 Å². The SMILES string of the molecule is CCCCCN1C(=O)C(=O)/C(=C(/O)c2cc(C)ccc2C)C1c1ccccc1OC. The summed E-state index contributed by atoms with van der Waals surface area (Å²) in [4.78, 5) is 27.6. The second kappa shape index (κ2) is 9.16. The van der Waals surface area contributed by atoms with Gasteiger partial charge in [-0.25, -0.2) is 0 Å².